The quantitative estimate of drug-likeness (QED) is 0.393. The number of piperidine rings is 1. The van der Waals surface area contributed by atoms with Gasteiger partial charge in [-0.15, -0.1) is 0 Å². The number of piperazine rings is 1. The van der Waals surface area contributed by atoms with Gasteiger partial charge in [-0.05, 0) is 69.8 Å². The van der Waals surface area contributed by atoms with Crippen LogP contribution in [0.15, 0.2) is 18.2 Å². The number of rotatable bonds is 8. The summed E-state index contributed by atoms with van der Waals surface area (Å²) >= 11 is 0. The largest absolute Gasteiger partial charge is 0.371 e. The summed E-state index contributed by atoms with van der Waals surface area (Å²) in [5.41, 5.74) is 16.3. The van der Waals surface area contributed by atoms with Crippen molar-refractivity contribution in [2.24, 2.45) is 11.5 Å². The first-order chi connectivity index (χ1) is 19.3. The summed E-state index contributed by atoms with van der Waals surface area (Å²) in [5.74, 6) is 0.452. The van der Waals surface area contributed by atoms with Gasteiger partial charge in [0.25, 0.3) is 5.91 Å². The molecule has 0 bridgehead atoms. The Morgan fingerprint density at radius 3 is 2.38 bits per heavy atom. The van der Waals surface area contributed by atoms with Gasteiger partial charge in [0.15, 0.2) is 17.3 Å². The Balaban J connectivity index is 1.29. The third-order valence-electron chi connectivity index (χ3n) is 9.00. The Labute approximate surface area is 238 Å². The van der Waals surface area contributed by atoms with Gasteiger partial charge in [0.1, 0.15) is 0 Å². The molecule has 6 N–H and O–H groups in total. The van der Waals surface area contributed by atoms with Crippen LogP contribution in [-0.4, -0.2) is 90.1 Å². The highest BCUT2D eigenvalue weighted by Crippen LogP contribution is 2.31. The first-order valence-corrected chi connectivity index (χ1v) is 15.1. The molecule has 2 aliphatic heterocycles. The Morgan fingerprint density at radius 1 is 1.00 bits per heavy atom. The van der Waals surface area contributed by atoms with Crippen LogP contribution in [0.5, 0.6) is 0 Å². The van der Waals surface area contributed by atoms with Gasteiger partial charge in [-0.2, -0.15) is 0 Å². The highest BCUT2D eigenvalue weighted by Gasteiger charge is 2.28. The summed E-state index contributed by atoms with van der Waals surface area (Å²) in [5, 5.41) is 6.88. The smallest absolute Gasteiger partial charge is 0.271 e. The van der Waals surface area contributed by atoms with E-state index in [9.17, 15) is 4.79 Å². The normalized spacial score (nSPS) is 23.2. The van der Waals surface area contributed by atoms with Gasteiger partial charge >= 0.3 is 0 Å². The standard InChI is InChI=1S/C30H47N9O/c1-4-24-29(35-25-8-6-5-7-23(25)31)36-30(27(34-24)28(32)40)33-21-9-10-26(20(2)19-21)39-13-11-22(12-14-39)38-17-15-37(3)16-18-38/h9-10,19,22-23,25H,4-8,11-18,31H2,1-3H3,(H2,32,40)(H2,33,35,36)/t23-,25+/m0/s1. The fourth-order valence-electron chi connectivity index (χ4n) is 6.49. The first kappa shape index (κ1) is 28.6. The zero-order valence-electron chi connectivity index (χ0n) is 24.5. The fraction of sp³-hybridized carbons (Fsp3) is 0.633. The van der Waals surface area contributed by atoms with Crippen LogP contribution in [0.1, 0.15) is 67.2 Å². The topological polar surface area (TPSA) is 129 Å². The Morgan fingerprint density at radius 2 is 1.73 bits per heavy atom. The predicted molar refractivity (Wildman–Crippen MR) is 163 cm³/mol. The second-order valence-corrected chi connectivity index (χ2v) is 11.8. The zero-order valence-corrected chi connectivity index (χ0v) is 24.5. The summed E-state index contributed by atoms with van der Waals surface area (Å²) < 4.78 is 0. The minimum absolute atomic E-state index is 0.0781. The van der Waals surface area contributed by atoms with Gasteiger partial charge in [0.2, 0.25) is 0 Å². The van der Waals surface area contributed by atoms with E-state index in [0.29, 0.717) is 24.1 Å². The van der Waals surface area contributed by atoms with Crippen LogP contribution >= 0.6 is 0 Å². The molecule has 3 aliphatic rings. The van der Waals surface area contributed by atoms with E-state index in [4.69, 9.17) is 16.5 Å². The SMILES string of the molecule is CCc1nc(C(N)=O)c(Nc2ccc(N3CCC(N4CCN(C)CC4)CC3)c(C)c2)nc1N[C@@H]1CCCC[C@@H]1N. The summed E-state index contributed by atoms with van der Waals surface area (Å²) in [4.78, 5) is 29.4. The number of carbonyl (C=O) groups excluding carboxylic acids is 1. The molecule has 1 aromatic carbocycles. The van der Waals surface area contributed by atoms with Gasteiger partial charge in [-0.1, -0.05) is 19.8 Å². The van der Waals surface area contributed by atoms with E-state index in [1.54, 1.807) is 0 Å². The minimum atomic E-state index is -0.595. The van der Waals surface area contributed by atoms with E-state index < -0.39 is 5.91 Å². The molecular formula is C30H47N9O. The Hall–Kier alpha value is -2.95. The molecule has 1 saturated carbocycles. The number of hydrogen-bond acceptors (Lipinski definition) is 9. The van der Waals surface area contributed by atoms with Crippen molar-refractivity contribution in [2.45, 2.75) is 76.9 Å². The number of anilines is 4. The van der Waals surface area contributed by atoms with Crippen molar-refractivity contribution in [2.75, 3.05) is 61.8 Å². The van der Waals surface area contributed by atoms with Crippen LogP contribution in [0.4, 0.5) is 23.0 Å². The molecule has 1 aromatic heterocycles. The van der Waals surface area contributed by atoms with E-state index in [-0.39, 0.29) is 17.8 Å². The van der Waals surface area contributed by atoms with Crippen molar-refractivity contribution in [3.05, 3.63) is 35.2 Å². The molecule has 2 aromatic rings. The summed E-state index contributed by atoms with van der Waals surface area (Å²) in [6.45, 7) is 11.0. The summed E-state index contributed by atoms with van der Waals surface area (Å²) in [6, 6.07) is 7.25. The van der Waals surface area contributed by atoms with Gasteiger partial charge in [0.05, 0.1) is 5.69 Å². The third kappa shape index (κ3) is 6.50. The van der Waals surface area contributed by atoms with Crippen LogP contribution in [0, 0.1) is 6.92 Å². The number of hydrogen-bond donors (Lipinski definition) is 4. The number of primary amides is 1. The molecule has 218 valence electrons. The van der Waals surface area contributed by atoms with E-state index in [1.807, 2.05) is 6.92 Å². The average Bonchev–Trinajstić information content (AvgIpc) is 2.95. The molecule has 5 rings (SSSR count). The number of benzene rings is 1. The van der Waals surface area contributed by atoms with Crippen LogP contribution < -0.4 is 27.0 Å². The van der Waals surface area contributed by atoms with Gasteiger partial charge < -0.3 is 31.9 Å². The van der Waals surface area contributed by atoms with Crippen molar-refractivity contribution in [3.8, 4) is 0 Å². The maximum Gasteiger partial charge on any atom is 0.271 e. The minimum Gasteiger partial charge on any atom is -0.371 e. The fourth-order valence-corrected chi connectivity index (χ4v) is 6.49. The van der Waals surface area contributed by atoms with Crippen molar-refractivity contribution >= 4 is 28.9 Å². The first-order valence-electron chi connectivity index (χ1n) is 15.1. The van der Waals surface area contributed by atoms with Crippen LogP contribution in [0.3, 0.4) is 0 Å². The van der Waals surface area contributed by atoms with Crippen LogP contribution in [0.2, 0.25) is 0 Å². The molecule has 3 fully saturated rings. The molecule has 40 heavy (non-hydrogen) atoms. The number of aryl methyl sites for hydroxylation is 2. The van der Waals surface area contributed by atoms with Crippen molar-refractivity contribution in [1.82, 2.24) is 19.8 Å². The second kappa shape index (κ2) is 12.7. The number of amides is 1. The average molecular weight is 550 g/mol. The summed E-state index contributed by atoms with van der Waals surface area (Å²) in [6.07, 6.45) is 7.33. The number of carbonyl (C=O) groups is 1. The summed E-state index contributed by atoms with van der Waals surface area (Å²) in [7, 11) is 2.21. The van der Waals surface area contributed by atoms with Crippen LogP contribution in [-0.2, 0) is 6.42 Å². The third-order valence-corrected chi connectivity index (χ3v) is 9.00. The van der Waals surface area contributed by atoms with Crippen molar-refractivity contribution in [1.29, 1.82) is 0 Å². The number of nitrogens with one attached hydrogen (secondary N) is 2. The highest BCUT2D eigenvalue weighted by atomic mass is 16.1. The van der Waals surface area contributed by atoms with Gasteiger partial charge in [0, 0.05) is 68.8 Å². The lowest BCUT2D eigenvalue weighted by atomic mass is 9.91. The molecule has 0 unspecified atom stereocenters. The highest BCUT2D eigenvalue weighted by molar-refractivity contribution is 5.96. The maximum absolute atomic E-state index is 12.3. The van der Waals surface area contributed by atoms with Crippen molar-refractivity contribution in [3.63, 3.8) is 0 Å². The molecule has 2 saturated heterocycles. The molecule has 0 radical (unpaired) electrons. The maximum atomic E-state index is 12.3. The molecule has 3 heterocycles. The van der Waals surface area contributed by atoms with Crippen molar-refractivity contribution < 1.29 is 4.79 Å². The lowest BCUT2D eigenvalue weighted by Gasteiger charge is -2.43. The van der Waals surface area contributed by atoms with E-state index in [1.165, 1.54) is 50.3 Å². The number of nitrogens with two attached hydrogens (primary N) is 2. The molecule has 2 atom stereocenters. The lowest BCUT2D eigenvalue weighted by molar-refractivity contribution is 0.0982. The van der Waals surface area contributed by atoms with E-state index in [0.717, 1.165) is 50.2 Å². The van der Waals surface area contributed by atoms with Gasteiger partial charge in [-0.25, -0.2) is 9.97 Å². The van der Waals surface area contributed by atoms with Gasteiger partial charge in [-0.3, -0.25) is 9.69 Å². The van der Waals surface area contributed by atoms with E-state index >= 15 is 0 Å². The zero-order chi connectivity index (χ0) is 28.2. The monoisotopic (exact) mass is 549 g/mol. The number of nitrogens with zero attached hydrogens (tertiary/aromatic N) is 5. The van der Waals surface area contributed by atoms with Crippen LogP contribution in [0.25, 0.3) is 0 Å². The Bertz CT molecular complexity index is 1170. The number of likely N-dealkylation sites (N-methyl/N-ethyl adjacent to an activating group) is 1. The molecule has 1 amide bonds. The molecular weight excluding hydrogens is 502 g/mol. The molecule has 0 spiro atoms. The lowest BCUT2D eigenvalue weighted by Crippen LogP contribution is -2.52. The Kier molecular flexibility index (Phi) is 9.07. The second-order valence-electron chi connectivity index (χ2n) is 11.8. The number of aromatic nitrogens is 2. The molecule has 10 nitrogen and oxygen atoms in total. The molecule has 1 aliphatic carbocycles. The van der Waals surface area contributed by atoms with E-state index in [2.05, 4.69) is 62.5 Å². The predicted octanol–water partition coefficient (Wildman–Crippen LogP) is 3.09. The molecule has 10 heteroatoms.